The monoisotopic (exact) mass is 168 g/mol. The summed E-state index contributed by atoms with van der Waals surface area (Å²) >= 11 is 0. The number of hydrogen-bond donors (Lipinski definition) is 1. The van der Waals surface area contributed by atoms with Crippen LogP contribution in [0.4, 0.5) is 4.39 Å². The molecule has 1 N–H and O–H groups in total. The molecule has 0 aliphatic carbocycles. The van der Waals surface area contributed by atoms with Crippen molar-refractivity contribution in [1.82, 2.24) is 4.98 Å². The molecule has 64 valence electrons. The van der Waals surface area contributed by atoms with Gasteiger partial charge in [-0.25, -0.2) is 9.37 Å². The lowest BCUT2D eigenvalue weighted by atomic mass is 10.2. The molecule has 0 aliphatic rings. The molecule has 1 aromatic rings. The van der Waals surface area contributed by atoms with Crippen LogP contribution in [-0.4, -0.2) is 15.9 Å². The molecule has 1 aromatic heterocycles. The molecule has 4 heteroatoms. The number of nitrogens with zero attached hydrogens (tertiary/aromatic N) is 2. The summed E-state index contributed by atoms with van der Waals surface area (Å²) < 4.78 is 12.1. The molecule has 0 amide bonds. The van der Waals surface area contributed by atoms with Crippen LogP contribution in [0, 0.1) is 0 Å². The second kappa shape index (κ2) is 3.80. The predicted octanol–water partition coefficient (Wildman–Crippen LogP) is 1.75. The van der Waals surface area contributed by atoms with Crippen molar-refractivity contribution in [1.29, 1.82) is 0 Å². The van der Waals surface area contributed by atoms with E-state index in [-0.39, 0.29) is 0 Å². The Labute approximate surface area is 69.6 Å². The van der Waals surface area contributed by atoms with E-state index in [4.69, 9.17) is 5.21 Å². The number of hydrogen-bond acceptors (Lipinski definition) is 3. The summed E-state index contributed by atoms with van der Waals surface area (Å²) in [4.78, 5) is 3.90. The van der Waals surface area contributed by atoms with Crippen LogP contribution in [0.3, 0.4) is 0 Å². The van der Waals surface area contributed by atoms with Crippen molar-refractivity contribution in [3.63, 3.8) is 0 Å². The van der Waals surface area contributed by atoms with E-state index in [2.05, 4.69) is 10.1 Å². The van der Waals surface area contributed by atoms with E-state index in [0.717, 1.165) is 0 Å². The van der Waals surface area contributed by atoms with E-state index in [1.807, 2.05) is 0 Å². The first-order valence-electron chi connectivity index (χ1n) is 3.49. The first kappa shape index (κ1) is 8.64. The minimum atomic E-state index is -0.605. The summed E-state index contributed by atoms with van der Waals surface area (Å²) in [5.41, 5.74) is 1.22. The third-order valence-corrected chi connectivity index (χ3v) is 1.46. The number of aromatic nitrogens is 1. The molecule has 0 bridgehead atoms. The highest BCUT2D eigenvalue weighted by Crippen LogP contribution is 2.02. The molecule has 1 rings (SSSR count). The summed E-state index contributed by atoms with van der Waals surface area (Å²) in [6.07, 6.45) is 0. The van der Waals surface area contributed by atoms with Gasteiger partial charge < -0.3 is 5.21 Å². The standard InChI is InChI=1S/C8H9FN2O/c1-6(11-12)8-4-2-3-7(5-9)10-8/h2-4,12H,5H2,1H3. The zero-order valence-electron chi connectivity index (χ0n) is 6.66. The van der Waals surface area contributed by atoms with Gasteiger partial charge in [0.15, 0.2) is 0 Å². The Hall–Kier alpha value is -1.45. The van der Waals surface area contributed by atoms with Gasteiger partial charge in [0, 0.05) is 0 Å². The molecule has 0 aliphatic heterocycles. The molecule has 1 heterocycles. The van der Waals surface area contributed by atoms with E-state index in [1.54, 1.807) is 25.1 Å². The van der Waals surface area contributed by atoms with Gasteiger partial charge in [0.1, 0.15) is 12.4 Å². The topological polar surface area (TPSA) is 45.5 Å². The smallest absolute Gasteiger partial charge is 0.131 e. The Kier molecular flexibility index (Phi) is 2.74. The second-order valence-electron chi connectivity index (χ2n) is 2.33. The van der Waals surface area contributed by atoms with Gasteiger partial charge in [-0.05, 0) is 19.1 Å². The Morgan fingerprint density at radius 3 is 3.00 bits per heavy atom. The average molecular weight is 168 g/mol. The largest absolute Gasteiger partial charge is 0.411 e. The molecular formula is C8H9FN2O. The number of oxime groups is 1. The van der Waals surface area contributed by atoms with Crippen LogP contribution >= 0.6 is 0 Å². The van der Waals surface area contributed by atoms with Crippen molar-refractivity contribution in [3.05, 3.63) is 29.6 Å². The van der Waals surface area contributed by atoms with E-state index < -0.39 is 6.67 Å². The van der Waals surface area contributed by atoms with Crippen LogP contribution < -0.4 is 0 Å². The van der Waals surface area contributed by atoms with E-state index >= 15 is 0 Å². The molecule has 0 saturated carbocycles. The lowest BCUT2D eigenvalue weighted by Gasteiger charge is -1.98. The van der Waals surface area contributed by atoms with Crippen LogP contribution in [-0.2, 0) is 6.67 Å². The van der Waals surface area contributed by atoms with Gasteiger partial charge in [0.25, 0.3) is 0 Å². The van der Waals surface area contributed by atoms with Crippen molar-refractivity contribution in [2.75, 3.05) is 0 Å². The van der Waals surface area contributed by atoms with Gasteiger partial charge in [0.05, 0.1) is 11.4 Å². The second-order valence-corrected chi connectivity index (χ2v) is 2.33. The Morgan fingerprint density at radius 2 is 2.42 bits per heavy atom. The lowest BCUT2D eigenvalue weighted by molar-refractivity contribution is 0.319. The van der Waals surface area contributed by atoms with Gasteiger partial charge in [-0.2, -0.15) is 0 Å². The maximum absolute atomic E-state index is 12.1. The maximum atomic E-state index is 12.1. The third kappa shape index (κ3) is 1.78. The van der Waals surface area contributed by atoms with Gasteiger partial charge in [0.2, 0.25) is 0 Å². The molecule has 0 aromatic carbocycles. The van der Waals surface area contributed by atoms with Crippen LogP contribution in [0.25, 0.3) is 0 Å². The normalized spacial score (nSPS) is 11.7. The van der Waals surface area contributed by atoms with Crippen molar-refractivity contribution in [2.45, 2.75) is 13.6 Å². The first-order chi connectivity index (χ1) is 5.77. The quantitative estimate of drug-likeness (QED) is 0.415. The average Bonchev–Trinajstić information content (AvgIpc) is 2.17. The summed E-state index contributed by atoms with van der Waals surface area (Å²) in [7, 11) is 0. The highest BCUT2D eigenvalue weighted by atomic mass is 19.1. The Balaban J connectivity index is 3.02. The highest BCUT2D eigenvalue weighted by molar-refractivity contribution is 5.96. The molecule has 12 heavy (non-hydrogen) atoms. The number of halogens is 1. The van der Waals surface area contributed by atoms with Crippen molar-refractivity contribution >= 4 is 5.71 Å². The van der Waals surface area contributed by atoms with Crippen molar-refractivity contribution in [3.8, 4) is 0 Å². The fraction of sp³-hybridized carbons (Fsp3) is 0.250. The third-order valence-electron chi connectivity index (χ3n) is 1.46. The fourth-order valence-electron chi connectivity index (χ4n) is 0.807. The predicted molar refractivity (Wildman–Crippen MR) is 43.0 cm³/mol. The van der Waals surface area contributed by atoms with E-state index in [1.165, 1.54) is 0 Å². The molecule has 0 unspecified atom stereocenters. The summed E-state index contributed by atoms with van der Waals surface area (Å²) in [5, 5.41) is 11.4. The van der Waals surface area contributed by atoms with Crippen molar-refractivity contribution in [2.24, 2.45) is 5.16 Å². The van der Waals surface area contributed by atoms with Crippen LogP contribution in [0.2, 0.25) is 0 Å². The minimum absolute atomic E-state index is 0.343. The number of alkyl halides is 1. The number of rotatable bonds is 2. The van der Waals surface area contributed by atoms with Crippen molar-refractivity contribution < 1.29 is 9.60 Å². The minimum Gasteiger partial charge on any atom is -0.411 e. The SMILES string of the molecule is CC(=NO)c1cccc(CF)n1. The number of pyridine rings is 1. The lowest BCUT2D eigenvalue weighted by Crippen LogP contribution is -2.00. The molecule has 3 nitrogen and oxygen atoms in total. The van der Waals surface area contributed by atoms with E-state index in [9.17, 15) is 4.39 Å². The zero-order valence-corrected chi connectivity index (χ0v) is 6.66. The summed E-state index contributed by atoms with van der Waals surface area (Å²) in [6.45, 7) is 0.997. The molecule has 0 spiro atoms. The molecular weight excluding hydrogens is 159 g/mol. The van der Waals surface area contributed by atoms with Gasteiger partial charge >= 0.3 is 0 Å². The fourth-order valence-corrected chi connectivity index (χ4v) is 0.807. The summed E-state index contributed by atoms with van der Waals surface area (Å²) in [5.74, 6) is 0. The van der Waals surface area contributed by atoms with Crippen LogP contribution in [0.1, 0.15) is 18.3 Å². The molecule has 0 atom stereocenters. The van der Waals surface area contributed by atoms with Gasteiger partial charge in [-0.3, -0.25) is 0 Å². The maximum Gasteiger partial charge on any atom is 0.131 e. The van der Waals surface area contributed by atoms with E-state index in [0.29, 0.717) is 17.1 Å². The van der Waals surface area contributed by atoms with Crippen LogP contribution in [0.15, 0.2) is 23.4 Å². The molecule has 0 saturated heterocycles. The zero-order chi connectivity index (χ0) is 8.97. The Bertz CT molecular complexity index is 299. The summed E-state index contributed by atoms with van der Waals surface area (Å²) in [6, 6.07) is 4.91. The first-order valence-corrected chi connectivity index (χ1v) is 3.49. The Morgan fingerprint density at radius 1 is 1.67 bits per heavy atom. The molecule has 0 radical (unpaired) electrons. The van der Waals surface area contributed by atoms with Crippen LogP contribution in [0.5, 0.6) is 0 Å². The molecule has 0 fully saturated rings. The van der Waals surface area contributed by atoms with Gasteiger partial charge in [-0.15, -0.1) is 0 Å². The van der Waals surface area contributed by atoms with Gasteiger partial charge in [-0.1, -0.05) is 11.2 Å². The highest BCUT2D eigenvalue weighted by Gasteiger charge is 2.00.